The molecule has 0 bridgehead atoms. The number of pyridine rings is 1. The summed E-state index contributed by atoms with van der Waals surface area (Å²) in [4.78, 5) is 4.28. The number of nitrogens with two attached hydrogens (primary N) is 1. The molecular weight excluding hydrogens is 217 g/mol. The topological polar surface area (TPSA) is 43.3 Å². The average molecular weight is 228 g/mol. The van der Waals surface area contributed by atoms with E-state index in [2.05, 4.69) is 4.98 Å². The third-order valence-electron chi connectivity index (χ3n) is 2.05. The zero-order valence-corrected chi connectivity index (χ0v) is 9.00. The van der Waals surface area contributed by atoms with Crippen LogP contribution in [-0.2, 0) is 6.42 Å². The van der Waals surface area contributed by atoms with Crippen molar-refractivity contribution >= 4 is 17.2 Å². The SMILES string of the molecule is CC(N)Cc1cn2cc(F)cc(Cl)c2n1. The van der Waals surface area contributed by atoms with Crippen LogP contribution in [0.2, 0.25) is 5.02 Å². The van der Waals surface area contributed by atoms with Crippen molar-refractivity contribution in [3.05, 3.63) is 35.0 Å². The van der Waals surface area contributed by atoms with Crippen LogP contribution in [0, 0.1) is 5.82 Å². The standard InChI is InChI=1S/C10H11ClFN3/c1-6(13)2-8-5-15-4-7(12)3-9(11)10(15)14-8/h3-6H,2,13H2,1H3. The van der Waals surface area contributed by atoms with Crippen LogP contribution in [0.3, 0.4) is 0 Å². The van der Waals surface area contributed by atoms with Gasteiger partial charge in [-0.3, -0.25) is 0 Å². The Labute approximate surface area is 91.7 Å². The minimum Gasteiger partial charge on any atom is -0.328 e. The van der Waals surface area contributed by atoms with Crippen molar-refractivity contribution in [3.63, 3.8) is 0 Å². The fourth-order valence-electron chi connectivity index (χ4n) is 1.50. The van der Waals surface area contributed by atoms with E-state index in [1.54, 1.807) is 10.6 Å². The van der Waals surface area contributed by atoms with Crippen LogP contribution in [0.4, 0.5) is 4.39 Å². The van der Waals surface area contributed by atoms with Gasteiger partial charge in [0.25, 0.3) is 0 Å². The highest BCUT2D eigenvalue weighted by atomic mass is 35.5. The molecule has 2 aromatic heterocycles. The lowest BCUT2D eigenvalue weighted by atomic mass is 10.2. The molecular formula is C10H11ClFN3. The summed E-state index contributed by atoms with van der Waals surface area (Å²) in [6.07, 6.45) is 3.74. The molecule has 0 aliphatic carbocycles. The van der Waals surface area contributed by atoms with Gasteiger partial charge in [-0.05, 0) is 13.0 Å². The summed E-state index contributed by atoms with van der Waals surface area (Å²) in [6.45, 7) is 1.90. The van der Waals surface area contributed by atoms with Crippen LogP contribution < -0.4 is 5.73 Å². The molecule has 2 N–H and O–H groups in total. The summed E-state index contributed by atoms with van der Waals surface area (Å²) in [7, 11) is 0. The number of aromatic nitrogens is 2. The molecule has 5 heteroatoms. The molecule has 0 aliphatic heterocycles. The summed E-state index contributed by atoms with van der Waals surface area (Å²) in [5, 5.41) is 0.311. The zero-order valence-electron chi connectivity index (χ0n) is 8.24. The molecule has 0 saturated heterocycles. The van der Waals surface area contributed by atoms with E-state index >= 15 is 0 Å². The van der Waals surface area contributed by atoms with E-state index in [0.29, 0.717) is 17.1 Å². The van der Waals surface area contributed by atoms with Crippen LogP contribution in [0.25, 0.3) is 5.65 Å². The molecule has 2 aromatic rings. The molecule has 0 radical (unpaired) electrons. The maximum Gasteiger partial charge on any atom is 0.156 e. The predicted octanol–water partition coefficient (Wildman–Crippen LogP) is 2.02. The number of nitrogens with zero attached hydrogens (tertiary/aromatic N) is 2. The minimum atomic E-state index is -0.378. The maximum absolute atomic E-state index is 13.0. The molecule has 1 atom stereocenters. The Morgan fingerprint density at radius 2 is 2.33 bits per heavy atom. The third kappa shape index (κ3) is 2.11. The fraction of sp³-hybridized carbons (Fsp3) is 0.300. The molecule has 0 fully saturated rings. The van der Waals surface area contributed by atoms with Crippen molar-refractivity contribution in [1.82, 2.24) is 9.38 Å². The number of hydrogen-bond donors (Lipinski definition) is 1. The fourth-order valence-corrected chi connectivity index (χ4v) is 1.75. The minimum absolute atomic E-state index is 0.0264. The normalized spacial score (nSPS) is 13.3. The molecule has 0 amide bonds. The maximum atomic E-state index is 13.0. The van der Waals surface area contributed by atoms with Gasteiger partial charge in [-0.1, -0.05) is 11.6 Å². The van der Waals surface area contributed by atoms with Crippen molar-refractivity contribution in [1.29, 1.82) is 0 Å². The molecule has 0 aliphatic rings. The lowest BCUT2D eigenvalue weighted by molar-refractivity contribution is 0.619. The number of fused-ring (bicyclic) bond motifs is 1. The van der Waals surface area contributed by atoms with E-state index in [9.17, 15) is 4.39 Å². The smallest absolute Gasteiger partial charge is 0.156 e. The number of rotatable bonds is 2. The highest BCUT2D eigenvalue weighted by Crippen LogP contribution is 2.18. The van der Waals surface area contributed by atoms with Crippen LogP contribution in [0.15, 0.2) is 18.5 Å². The van der Waals surface area contributed by atoms with E-state index in [0.717, 1.165) is 5.69 Å². The van der Waals surface area contributed by atoms with Gasteiger partial charge in [0.1, 0.15) is 5.82 Å². The van der Waals surface area contributed by atoms with Crippen LogP contribution in [0.5, 0.6) is 0 Å². The third-order valence-corrected chi connectivity index (χ3v) is 2.33. The number of halogens is 2. The Bertz CT molecular complexity index is 493. The van der Waals surface area contributed by atoms with Crippen LogP contribution >= 0.6 is 11.6 Å². The Morgan fingerprint density at radius 3 is 3.00 bits per heavy atom. The van der Waals surface area contributed by atoms with Crippen molar-refractivity contribution < 1.29 is 4.39 Å². The molecule has 2 heterocycles. The lowest BCUT2D eigenvalue weighted by Crippen LogP contribution is -2.17. The summed E-state index contributed by atoms with van der Waals surface area (Å²) < 4.78 is 14.6. The molecule has 1 unspecified atom stereocenters. The lowest BCUT2D eigenvalue weighted by Gasteiger charge is -1.98. The largest absolute Gasteiger partial charge is 0.328 e. The number of hydrogen-bond acceptors (Lipinski definition) is 2. The predicted molar refractivity (Wildman–Crippen MR) is 57.5 cm³/mol. The quantitative estimate of drug-likeness (QED) is 0.853. The zero-order chi connectivity index (χ0) is 11.0. The highest BCUT2D eigenvalue weighted by molar-refractivity contribution is 6.33. The Kier molecular flexibility index (Phi) is 2.63. The van der Waals surface area contributed by atoms with Gasteiger partial charge in [0, 0.05) is 24.9 Å². The van der Waals surface area contributed by atoms with Crippen molar-refractivity contribution in [2.45, 2.75) is 19.4 Å². The summed E-state index contributed by atoms with van der Waals surface area (Å²) in [5.41, 5.74) is 7.04. The van der Waals surface area contributed by atoms with Gasteiger partial charge in [-0.15, -0.1) is 0 Å². The van der Waals surface area contributed by atoms with Crippen LogP contribution in [-0.4, -0.2) is 15.4 Å². The molecule has 2 rings (SSSR count). The second-order valence-electron chi connectivity index (χ2n) is 3.65. The Hall–Kier alpha value is -1.13. The Morgan fingerprint density at radius 1 is 1.60 bits per heavy atom. The van der Waals surface area contributed by atoms with Gasteiger partial charge in [0.15, 0.2) is 5.65 Å². The van der Waals surface area contributed by atoms with E-state index in [1.165, 1.54) is 12.3 Å². The van der Waals surface area contributed by atoms with Gasteiger partial charge in [-0.25, -0.2) is 9.37 Å². The van der Waals surface area contributed by atoms with Crippen molar-refractivity contribution in [2.75, 3.05) is 0 Å². The van der Waals surface area contributed by atoms with E-state index in [1.807, 2.05) is 6.92 Å². The first-order valence-corrected chi connectivity index (χ1v) is 5.02. The van der Waals surface area contributed by atoms with Gasteiger partial charge in [0.05, 0.1) is 10.7 Å². The average Bonchev–Trinajstić information content (AvgIpc) is 2.45. The van der Waals surface area contributed by atoms with Crippen LogP contribution in [0.1, 0.15) is 12.6 Å². The van der Waals surface area contributed by atoms with Gasteiger partial charge < -0.3 is 10.1 Å². The first kappa shape index (κ1) is 10.4. The van der Waals surface area contributed by atoms with E-state index in [-0.39, 0.29) is 11.9 Å². The van der Waals surface area contributed by atoms with Gasteiger partial charge in [0.2, 0.25) is 0 Å². The second kappa shape index (κ2) is 3.79. The summed E-state index contributed by atoms with van der Waals surface area (Å²) in [6, 6.07) is 1.28. The molecule has 0 aromatic carbocycles. The first-order chi connectivity index (χ1) is 7.06. The first-order valence-electron chi connectivity index (χ1n) is 4.64. The monoisotopic (exact) mass is 227 g/mol. The van der Waals surface area contributed by atoms with E-state index < -0.39 is 0 Å². The molecule has 0 spiro atoms. The molecule has 3 nitrogen and oxygen atoms in total. The molecule has 15 heavy (non-hydrogen) atoms. The summed E-state index contributed by atoms with van der Waals surface area (Å²) >= 11 is 5.86. The van der Waals surface area contributed by atoms with E-state index in [4.69, 9.17) is 17.3 Å². The molecule has 0 saturated carbocycles. The van der Waals surface area contributed by atoms with Gasteiger partial charge >= 0.3 is 0 Å². The number of imidazole rings is 1. The second-order valence-corrected chi connectivity index (χ2v) is 4.06. The van der Waals surface area contributed by atoms with Crippen molar-refractivity contribution in [2.24, 2.45) is 5.73 Å². The molecule has 80 valence electrons. The summed E-state index contributed by atoms with van der Waals surface area (Å²) in [5.74, 6) is -0.378. The van der Waals surface area contributed by atoms with Gasteiger partial charge in [-0.2, -0.15) is 0 Å². The highest BCUT2D eigenvalue weighted by Gasteiger charge is 2.08. The van der Waals surface area contributed by atoms with Crippen molar-refractivity contribution in [3.8, 4) is 0 Å². The Balaban J connectivity index is 2.50.